The van der Waals surface area contributed by atoms with Crippen LogP contribution in [0.25, 0.3) is 0 Å². The van der Waals surface area contributed by atoms with Gasteiger partial charge in [0.25, 0.3) is 0 Å². The van der Waals surface area contributed by atoms with E-state index in [0.29, 0.717) is 6.04 Å². The van der Waals surface area contributed by atoms with Crippen LogP contribution in [0.4, 0.5) is 0 Å². The molecule has 1 N–H and O–H groups in total. The van der Waals surface area contributed by atoms with Crippen molar-refractivity contribution in [2.75, 3.05) is 7.11 Å². The van der Waals surface area contributed by atoms with E-state index in [1.165, 1.54) is 63.5 Å². The molecule has 0 radical (unpaired) electrons. The first-order chi connectivity index (χ1) is 9.11. The van der Waals surface area contributed by atoms with Crippen LogP contribution in [0.2, 0.25) is 0 Å². The van der Waals surface area contributed by atoms with E-state index in [4.69, 9.17) is 4.74 Å². The van der Waals surface area contributed by atoms with Gasteiger partial charge in [0.2, 0.25) is 0 Å². The summed E-state index contributed by atoms with van der Waals surface area (Å²) in [7, 11) is 1.85. The third-order valence-electron chi connectivity index (χ3n) is 5.20. The zero-order valence-corrected chi connectivity index (χ0v) is 12.8. The Balaban J connectivity index is 1.68. The van der Waals surface area contributed by atoms with Crippen molar-refractivity contribution in [1.82, 2.24) is 5.32 Å². The minimum absolute atomic E-state index is 0.134. The van der Waals surface area contributed by atoms with Crippen LogP contribution in [0, 0.1) is 5.92 Å². The molecule has 0 unspecified atom stereocenters. The van der Waals surface area contributed by atoms with Gasteiger partial charge in [-0.25, -0.2) is 0 Å². The molecule has 0 saturated heterocycles. The van der Waals surface area contributed by atoms with Crippen LogP contribution in [0.3, 0.4) is 0 Å². The first kappa shape index (κ1) is 14.9. The van der Waals surface area contributed by atoms with Crippen LogP contribution in [0.15, 0.2) is 12.3 Å². The van der Waals surface area contributed by atoms with Crippen molar-refractivity contribution in [1.29, 1.82) is 0 Å². The normalized spacial score (nSPS) is 33.1. The summed E-state index contributed by atoms with van der Waals surface area (Å²) in [5.41, 5.74) is 1.41. The smallest absolute Gasteiger partial charge is 0.0651 e. The topological polar surface area (TPSA) is 21.3 Å². The Kier molecular flexibility index (Phi) is 5.32. The number of ether oxygens (including phenoxy) is 1. The highest BCUT2D eigenvalue weighted by molar-refractivity contribution is 4.98. The third-order valence-corrected chi connectivity index (χ3v) is 5.20. The van der Waals surface area contributed by atoms with E-state index in [2.05, 4.69) is 18.8 Å². The maximum absolute atomic E-state index is 5.62. The standard InChI is InChI=1S/C17H31NO/c1-14(18-16-7-5-4-6-8-16)13-15-9-11-17(2,19-3)12-10-15/h15-16,18H,1,4-13H2,2-3H3. The molecule has 2 nitrogen and oxygen atoms in total. The summed E-state index contributed by atoms with van der Waals surface area (Å²) >= 11 is 0. The maximum Gasteiger partial charge on any atom is 0.0651 e. The number of nitrogens with one attached hydrogen (secondary N) is 1. The van der Waals surface area contributed by atoms with Gasteiger partial charge in [0.1, 0.15) is 0 Å². The summed E-state index contributed by atoms with van der Waals surface area (Å²) in [6, 6.07) is 0.703. The summed E-state index contributed by atoms with van der Waals surface area (Å²) < 4.78 is 5.62. The van der Waals surface area contributed by atoms with Crippen molar-refractivity contribution < 1.29 is 4.74 Å². The molecule has 0 spiro atoms. The molecule has 0 heterocycles. The van der Waals surface area contributed by atoms with Crippen molar-refractivity contribution in [3.63, 3.8) is 0 Å². The fourth-order valence-corrected chi connectivity index (χ4v) is 3.64. The minimum Gasteiger partial charge on any atom is -0.386 e. The third kappa shape index (κ3) is 4.52. The van der Waals surface area contributed by atoms with Crippen LogP contribution < -0.4 is 5.32 Å². The molecule has 0 bridgehead atoms. The van der Waals surface area contributed by atoms with Gasteiger partial charge >= 0.3 is 0 Å². The van der Waals surface area contributed by atoms with Gasteiger partial charge in [0.05, 0.1) is 5.60 Å². The Morgan fingerprint density at radius 3 is 2.37 bits per heavy atom. The first-order valence-corrected chi connectivity index (χ1v) is 8.11. The van der Waals surface area contributed by atoms with Crippen molar-refractivity contribution >= 4 is 0 Å². The van der Waals surface area contributed by atoms with Gasteiger partial charge in [-0.05, 0) is 57.8 Å². The summed E-state index contributed by atoms with van der Waals surface area (Å²) in [4.78, 5) is 0. The molecule has 2 rings (SSSR count). The van der Waals surface area contributed by atoms with Crippen LogP contribution in [-0.2, 0) is 4.74 Å². The Morgan fingerprint density at radius 1 is 1.16 bits per heavy atom. The molecule has 2 fully saturated rings. The molecule has 110 valence electrons. The molecule has 0 atom stereocenters. The molecule has 2 aliphatic carbocycles. The molecule has 19 heavy (non-hydrogen) atoms. The minimum atomic E-state index is 0.134. The van der Waals surface area contributed by atoms with Gasteiger partial charge in [-0.1, -0.05) is 25.8 Å². The van der Waals surface area contributed by atoms with E-state index in [-0.39, 0.29) is 5.60 Å². The van der Waals surface area contributed by atoms with Gasteiger partial charge in [-0.3, -0.25) is 0 Å². The number of hydrogen-bond acceptors (Lipinski definition) is 2. The second-order valence-corrected chi connectivity index (χ2v) is 6.88. The van der Waals surface area contributed by atoms with E-state index >= 15 is 0 Å². The number of rotatable bonds is 5. The lowest BCUT2D eigenvalue weighted by molar-refractivity contribution is -0.0338. The van der Waals surface area contributed by atoms with Crippen molar-refractivity contribution in [3.05, 3.63) is 12.3 Å². The lowest BCUT2D eigenvalue weighted by Crippen LogP contribution is -2.34. The van der Waals surface area contributed by atoms with E-state index < -0.39 is 0 Å². The van der Waals surface area contributed by atoms with E-state index in [9.17, 15) is 0 Å². The van der Waals surface area contributed by atoms with Gasteiger partial charge < -0.3 is 10.1 Å². The van der Waals surface area contributed by atoms with Crippen LogP contribution in [0.5, 0.6) is 0 Å². The fourth-order valence-electron chi connectivity index (χ4n) is 3.64. The average Bonchev–Trinajstić information content (AvgIpc) is 2.43. The highest BCUT2D eigenvalue weighted by Gasteiger charge is 2.31. The summed E-state index contributed by atoms with van der Waals surface area (Å²) in [5, 5.41) is 3.68. The second-order valence-electron chi connectivity index (χ2n) is 6.88. The Labute approximate surface area is 119 Å². The van der Waals surface area contributed by atoms with Gasteiger partial charge in [-0.2, -0.15) is 0 Å². The largest absolute Gasteiger partial charge is 0.386 e. The van der Waals surface area contributed by atoms with Crippen molar-refractivity contribution in [3.8, 4) is 0 Å². The van der Waals surface area contributed by atoms with E-state index in [1.54, 1.807) is 0 Å². The summed E-state index contributed by atoms with van der Waals surface area (Å²) in [6.07, 6.45) is 13.0. The average molecular weight is 265 g/mol. The monoisotopic (exact) mass is 265 g/mol. The summed E-state index contributed by atoms with van der Waals surface area (Å²) in [5.74, 6) is 0.812. The zero-order chi connectivity index (χ0) is 13.7. The van der Waals surface area contributed by atoms with Crippen LogP contribution in [-0.4, -0.2) is 18.8 Å². The number of allylic oxidation sites excluding steroid dienone is 1. The second kappa shape index (κ2) is 6.78. The van der Waals surface area contributed by atoms with Gasteiger partial charge in [0, 0.05) is 18.8 Å². The summed E-state index contributed by atoms with van der Waals surface area (Å²) in [6.45, 7) is 6.51. The van der Waals surface area contributed by atoms with Gasteiger partial charge in [0.15, 0.2) is 0 Å². The SMILES string of the molecule is C=C(CC1CCC(C)(OC)CC1)NC1CCCCC1. The molecule has 0 aromatic rings. The molecule has 0 aromatic heterocycles. The lowest BCUT2D eigenvalue weighted by Gasteiger charge is -2.37. The van der Waals surface area contributed by atoms with E-state index in [1.807, 2.05) is 7.11 Å². The number of hydrogen-bond donors (Lipinski definition) is 1. The lowest BCUT2D eigenvalue weighted by atomic mass is 9.78. The first-order valence-electron chi connectivity index (χ1n) is 8.11. The maximum atomic E-state index is 5.62. The molecule has 0 aliphatic heterocycles. The predicted octanol–water partition coefficient (Wildman–Crippen LogP) is 4.41. The quantitative estimate of drug-likeness (QED) is 0.795. The molecule has 2 aliphatic rings. The zero-order valence-electron chi connectivity index (χ0n) is 12.8. The van der Waals surface area contributed by atoms with Crippen LogP contribution in [0.1, 0.15) is 71.1 Å². The molecule has 2 saturated carbocycles. The molecule has 2 heteroatoms. The Bertz CT molecular complexity index is 286. The predicted molar refractivity (Wildman–Crippen MR) is 81.1 cm³/mol. The van der Waals surface area contributed by atoms with Crippen LogP contribution >= 0.6 is 0 Å². The Hall–Kier alpha value is -0.500. The molecular formula is C17H31NO. The Morgan fingerprint density at radius 2 is 1.79 bits per heavy atom. The molecule has 0 amide bonds. The molecule has 0 aromatic carbocycles. The highest BCUT2D eigenvalue weighted by atomic mass is 16.5. The van der Waals surface area contributed by atoms with E-state index in [0.717, 1.165) is 12.3 Å². The fraction of sp³-hybridized carbons (Fsp3) is 0.882. The van der Waals surface area contributed by atoms with Crippen molar-refractivity contribution in [2.45, 2.75) is 82.8 Å². The van der Waals surface area contributed by atoms with Gasteiger partial charge in [-0.15, -0.1) is 0 Å². The highest BCUT2D eigenvalue weighted by Crippen LogP contribution is 2.36. The van der Waals surface area contributed by atoms with Crippen molar-refractivity contribution in [2.24, 2.45) is 5.92 Å². The molecular weight excluding hydrogens is 234 g/mol. The number of methoxy groups -OCH3 is 1.